The maximum absolute atomic E-state index is 12.3. The summed E-state index contributed by atoms with van der Waals surface area (Å²) in [5, 5.41) is 3.24. The van der Waals surface area contributed by atoms with E-state index in [1.807, 2.05) is 0 Å². The fourth-order valence-electron chi connectivity index (χ4n) is 1.92. The first-order chi connectivity index (χ1) is 10.8. The Morgan fingerprint density at radius 1 is 1.35 bits per heavy atom. The van der Waals surface area contributed by atoms with Crippen molar-refractivity contribution in [1.29, 1.82) is 0 Å². The zero-order chi connectivity index (χ0) is 17.0. The first-order valence-electron chi connectivity index (χ1n) is 6.73. The zero-order valence-corrected chi connectivity index (χ0v) is 14.2. The molecule has 0 atom stereocenters. The summed E-state index contributed by atoms with van der Waals surface area (Å²) in [6.45, 7) is 1.50. The second-order valence-corrected chi connectivity index (χ2v) is 7.44. The van der Waals surface area contributed by atoms with E-state index >= 15 is 0 Å². The van der Waals surface area contributed by atoms with Gasteiger partial charge in [0.25, 0.3) is 0 Å². The van der Waals surface area contributed by atoms with E-state index in [9.17, 15) is 13.2 Å². The van der Waals surface area contributed by atoms with Gasteiger partial charge in [0.1, 0.15) is 4.90 Å². The van der Waals surface area contributed by atoms with Crippen LogP contribution in [0.15, 0.2) is 47.6 Å². The Morgan fingerprint density at radius 3 is 2.70 bits per heavy atom. The van der Waals surface area contributed by atoms with Crippen LogP contribution in [0.25, 0.3) is 0 Å². The molecule has 0 bridgehead atoms. The number of nitrogens with one attached hydrogen (secondary N) is 1. The van der Waals surface area contributed by atoms with Gasteiger partial charge < -0.3 is 5.32 Å². The Kier molecular flexibility index (Phi) is 5.35. The molecule has 6 nitrogen and oxygen atoms in total. The van der Waals surface area contributed by atoms with E-state index in [-0.39, 0.29) is 11.4 Å². The number of anilines is 1. The number of pyridine rings is 1. The molecule has 1 aromatic carbocycles. The highest BCUT2D eigenvalue weighted by Crippen LogP contribution is 2.19. The third kappa shape index (κ3) is 4.28. The van der Waals surface area contributed by atoms with Gasteiger partial charge in [0, 0.05) is 30.2 Å². The van der Waals surface area contributed by atoms with Crippen molar-refractivity contribution in [2.45, 2.75) is 11.8 Å². The number of hydrogen-bond acceptors (Lipinski definition) is 4. The number of aryl methyl sites for hydroxylation is 1. The second-order valence-electron chi connectivity index (χ2n) is 4.96. The molecule has 0 radical (unpaired) electrons. The normalized spacial score (nSPS) is 11.5. The van der Waals surface area contributed by atoms with Crippen molar-refractivity contribution in [3.8, 4) is 0 Å². The predicted octanol–water partition coefficient (Wildman–Crippen LogP) is 2.30. The van der Waals surface area contributed by atoms with Gasteiger partial charge >= 0.3 is 0 Å². The van der Waals surface area contributed by atoms with Crippen LogP contribution in [0.2, 0.25) is 5.02 Å². The summed E-state index contributed by atoms with van der Waals surface area (Å²) in [6, 6.07) is 8.00. The van der Waals surface area contributed by atoms with Gasteiger partial charge in [-0.15, -0.1) is 0 Å². The number of nitrogens with zero attached hydrogens (tertiary/aromatic N) is 2. The zero-order valence-electron chi connectivity index (χ0n) is 12.7. The summed E-state index contributed by atoms with van der Waals surface area (Å²) in [5.74, 6) is -0.439. The lowest BCUT2D eigenvalue weighted by Crippen LogP contribution is -2.35. The highest BCUT2D eigenvalue weighted by molar-refractivity contribution is 7.89. The molecule has 23 heavy (non-hydrogen) atoms. The van der Waals surface area contributed by atoms with Crippen LogP contribution in [-0.2, 0) is 14.8 Å². The number of aromatic nitrogens is 1. The van der Waals surface area contributed by atoms with Gasteiger partial charge in [0.15, 0.2) is 0 Å². The summed E-state index contributed by atoms with van der Waals surface area (Å²) < 4.78 is 25.6. The lowest BCUT2D eigenvalue weighted by Gasteiger charge is -2.17. The number of likely N-dealkylation sites (N-methyl/N-ethyl adjacent to an activating group) is 1. The molecule has 8 heteroatoms. The van der Waals surface area contributed by atoms with Gasteiger partial charge in [0.2, 0.25) is 15.9 Å². The van der Waals surface area contributed by atoms with Gasteiger partial charge in [-0.25, -0.2) is 8.42 Å². The summed E-state index contributed by atoms with van der Waals surface area (Å²) in [6.07, 6.45) is 2.72. The van der Waals surface area contributed by atoms with Crippen LogP contribution in [0, 0.1) is 6.92 Å². The smallest absolute Gasteiger partial charge is 0.244 e. The molecular weight excluding hydrogens is 338 g/mol. The van der Waals surface area contributed by atoms with Crippen LogP contribution >= 0.6 is 11.6 Å². The number of hydrogen-bond donors (Lipinski definition) is 1. The van der Waals surface area contributed by atoms with Crippen LogP contribution < -0.4 is 5.32 Å². The lowest BCUT2D eigenvalue weighted by molar-refractivity contribution is -0.116. The van der Waals surface area contributed by atoms with Crippen molar-refractivity contribution in [1.82, 2.24) is 9.29 Å². The monoisotopic (exact) mass is 353 g/mol. The van der Waals surface area contributed by atoms with Gasteiger partial charge in [-0.3, -0.25) is 9.78 Å². The average molecular weight is 354 g/mol. The van der Waals surface area contributed by atoms with Crippen LogP contribution in [-0.4, -0.2) is 37.2 Å². The molecular formula is C15H16ClN3O3S. The minimum absolute atomic E-state index is 0.0398. The third-order valence-electron chi connectivity index (χ3n) is 3.17. The Balaban J connectivity index is 2.08. The largest absolute Gasteiger partial charge is 0.325 e. The van der Waals surface area contributed by atoms with Crippen molar-refractivity contribution in [3.05, 3.63) is 53.3 Å². The summed E-state index contributed by atoms with van der Waals surface area (Å²) in [4.78, 5) is 15.9. The molecule has 2 rings (SSSR count). The molecule has 0 unspecified atom stereocenters. The number of halogens is 1. The van der Waals surface area contributed by atoms with Crippen LogP contribution in [0.4, 0.5) is 5.69 Å². The topological polar surface area (TPSA) is 79.4 Å². The molecule has 122 valence electrons. The molecule has 1 amide bonds. The van der Waals surface area contributed by atoms with Crippen molar-refractivity contribution in [2.24, 2.45) is 0 Å². The number of carbonyl (C=O) groups is 1. The van der Waals surface area contributed by atoms with E-state index < -0.39 is 15.9 Å². The Labute approximate surface area is 140 Å². The van der Waals surface area contributed by atoms with E-state index in [2.05, 4.69) is 10.3 Å². The third-order valence-corrected chi connectivity index (χ3v) is 5.19. The van der Waals surface area contributed by atoms with Crippen molar-refractivity contribution >= 4 is 33.2 Å². The molecule has 1 aromatic heterocycles. The van der Waals surface area contributed by atoms with E-state index in [1.165, 1.54) is 31.6 Å². The number of carbonyl (C=O) groups excluding carboxylic acids is 1. The Hall–Kier alpha value is -1.96. The van der Waals surface area contributed by atoms with Crippen LogP contribution in [0.3, 0.4) is 0 Å². The molecule has 1 heterocycles. The van der Waals surface area contributed by atoms with Gasteiger partial charge in [0.05, 0.1) is 6.54 Å². The molecule has 0 aliphatic rings. The predicted molar refractivity (Wildman–Crippen MR) is 88.9 cm³/mol. The first kappa shape index (κ1) is 17.4. The van der Waals surface area contributed by atoms with Gasteiger partial charge in [-0.1, -0.05) is 11.6 Å². The second kappa shape index (κ2) is 7.08. The van der Waals surface area contributed by atoms with Crippen molar-refractivity contribution in [3.63, 3.8) is 0 Å². The van der Waals surface area contributed by atoms with E-state index in [0.29, 0.717) is 10.7 Å². The minimum atomic E-state index is -3.75. The Morgan fingerprint density at radius 2 is 2.09 bits per heavy atom. The number of rotatable bonds is 5. The maximum atomic E-state index is 12.3. The summed E-state index contributed by atoms with van der Waals surface area (Å²) in [7, 11) is -2.41. The molecule has 0 saturated carbocycles. The molecule has 0 saturated heterocycles. The maximum Gasteiger partial charge on any atom is 0.244 e. The lowest BCUT2D eigenvalue weighted by atomic mass is 10.2. The molecule has 0 fully saturated rings. The van der Waals surface area contributed by atoms with Gasteiger partial charge in [-0.05, 0) is 42.8 Å². The first-order valence-corrected chi connectivity index (χ1v) is 8.55. The molecule has 0 aliphatic heterocycles. The van der Waals surface area contributed by atoms with Crippen molar-refractivity contribution < 1.29 is 13.2 Å². The average Bonchev–Trinajstić information content (AvgIpc) is 2.51. The highest BCUT2D eigenvalue weighted by Gasteiger charge is 2.23. The van der Waals surface area contributed by atoms with Crippen LogP contribution in [0.5, 0.6) is 0 Å². The molecule has 1 N–H and O–H groups in total. The number of amides is 1. The van der Waals surface area contributed by atoms with E-state index in [1.54, 1.807) is 25.1 Å². The van der Waals surface area contributed by atoms with E-state index in [4.69, 9.17) is 11.6 Å². The van der Waals surface area contributed by atoms with Gasteiger partial charge in [-0.2, -0.15) is 4.31 Å². The van der Waals surface area contributed by atoms with Crippen LogP contribution in [0.1, 0.15) is 5.56 Å². The Bertz CT molecular complexity index is 810. The summed E-state index contributed by atoms with van der Waals surface area (Å²) >= 11 is 5.86. The summed E-state index contributed by atoms with van der Waals surface area (Å²) in [5.41, 5.74) is 1.38. The number of sulfonamides is 1. The molecule has 0 aliphatic carbocycles. The fraction of sp³-hybridized carbons (Fsp3) is 0.200. The quantitative estimate of drug-likeness (QED) is 0.894. The molecule has 2 aromatic rings. The highest BCUT2D eigenvalue weighted by atomic mass is 35.5. The van der Waals surface area contributed by atoms with Crippen molar-refractivity contribution in [2.75, 3.05) is 18.9 Å². The van der Waals surface area contributed by atoms with E-state index in [0.717, 1.165) is 9.87 Å². The SMILES string of the molecule is Cc1cc(Cl)ccc1NC(=O)CN(C)S(=O)(=O)c1cccnc1. The molecule has 0 spiro atoms. The minimum Gasteiger partial charge on any atom is -0.325 e. The fourth-order valence-corrected chi connectivity index (χ4v) is 3.24. The number of benzene rings is 1. The standard InChI is InChI=1S/C15H16ClN3O3S/c1-11-8-12(16)5-6-14(11)18-15(20)10-19(2)23(21,22)13-4-3-7-17-9-13/h3-9H,10H2,1-2H3,(H,18,20).